The Bertz CT molecular complexity index is 463. The number of rotatable bonds is 4. The van der Waals surface area contributed by atoms with Crippen LogP contribution in [0, 0.1) is 12.7 Å². The van der Waals surface area contributed by atoms with Crippen LogP contribution in [0.1, 0.15) is 12.5 Å². The number of benzene rings is 1. The first-order valence-corrected chi connectivity index (χ1v) is 5.48. The van der Waals surface area contributed by atoms with E-state index >= 15 is 0 Å². The summed E-state index contributed by atoms with van der Waals surface area (Å²) in [6.45, 7) is 3.17. The summed E-state index contributed by atoms with van der Waals surface area (Å²) in [6.07, 6.45) is 0. The highest BCUT2D eigenvalue weighted by Gasteiger charge is 2.15. The molecule has 0 unspecified atom stereocenters. The second kappa shape index (κ2) is 6.00. The number of carboxylic acid groups (broad SMARTS) is 1. The van der Waals surface area contributed by atoms with Crippen molar-refractivity contribution in [3.05, 3.63) is 29.6 Å². The molecule has 0 aliphatic rings. The van der Waals surface area contributed by atoms with E-state index in [2.05, 4.69) is 5.32 Å². The fraction of sp³-hybridized carbons (Fsp3) is 0.333. The van der Waals surface area contributed by atoms with Crippen LogP contribution >= 0.6 is 0 Å². The van der Waals surface area contributed by atoms with Crippen molar-refractivity contribution < 1.29 is 19.1 Å². The molecule has 6 heteroatoms. The minimum absolute atomic E-state index is 0.276. The van der Waals surface area contributed by atoms with Crippen LogP contribution < -0.4 is 5.32 Å². The number of nitrogens with one attached hydrogen (secondary N) is 1. The maximum Gasteiger partial charge on any atom is 0.323 e. The smallest absolute Gasteiger partial charge is 0.323 e. The number of carboxylic acids is 1. The number of carbonyl (C=O) groups excluding carboxylic acids is 1. The van der Waals surface area contributed by atoms with Crippen LogP contribution in [-0.4, -0.2) is 35.1 Å². The lowest BCUT2D eigenvalue weighted by molar-refractivity contribution is -0.137. The number of hydrogen-bond donors (Lipinski definition) is 2. The van der Waals surface area contributed by atoms with Crippen molar-refractivity contribution in [1.29, 1.82) is 0 Å². The molecule has 2 N–H and O–H groups in total. The third-order valence-electron chi connectivity index (χ3n) is 2.40. The molecule has 0 spiro atoms. The first kappa shape index (κ1) is 14.0. The first-order valence-electron chi connectivity index (χ1n) is 5.48. The number of amides is 2. The third kappa shape index (κ3) is 3.73. The average molecular weight is 254 g/mol. The van der Waals surface area contributed by atoms with Crippen LogP contribution in [0.4, 0.5) is 14.9 Å². The number of aryl methyl sites for hydroxylation is 1. The number of anilines is 1. The van der Waals surface area contributed by atoms with Crippen LogP contribution in [0.15, 0.2) is 18.2 Å². The van der Waals surface area contributed by atoms with E-state index in [0.717, 1.165) is 4.90 Å². The van der Waals surface area contributed by atoms with Gasteiger partial charge in [-0.25, -0.2) is 9.18 Å². The summed E-state index contributed by atoms with van der Waals surface area (Å²) in [5.41, 5.74) is 0.844. The fourth-order valence-electron chi connectivity index (χ4n) is 1.42. The van der Waals surface area contributed by atoms with Gasteiger partial charge in [0.1, 0.15) is 12.4 Å². The van der Waals surface area contributed by atoms with Gasteiger partial charge in [-0.05, 0) is 37.6 Å². The second-order valence-corrected chi connectivity index (χ2v) is 3.80. The summed E-state index contributed by atoms with van der Waals surface area (Å²) in [6, 6.07) is 3.64. The van der Waals surface area contributed by atoms with Crippen LogP contribution in [-0.2, 0) is 4.79 Å². The van der Waals surface area contributed by atoms with Crippen molar-refractivity contribution in [2.24, 2.45) is 0 Å². The van der Waals surface area contributed by atoms with E-state index < -0.39 is 12.0 Å². The SMILES string of the molecule is CCN(CC(=O)O)C(=O)Nc1ccc(F)c(C)c1. The van der Waals surface area contributed by atoms with Gasteiger partial charge in [0.25, 0.3) is 0 Å². The molecule has 0 bridgehead atoms. The number of carbonyl (C=O) groups is 2. The summed E-state index contributed by atoms with van der Waals surface area (Å²) < 4.78 is 13.0. The van der Waals surface area contributed by atoms with Crippen molar-refractivity contribution >= 4 is 17.7 Å². The number of nitrogens with zero attached hydrogens (tertiary/aromatic N) is 1. The molecule has 0 aliphatic heterocycles. The largest absolute Gasteiger partial charge is 0.480 e. The molecule has 2 amide bonds. The van der Waals surface area contributed by atoms with Crippen molar-refractivity contribution in [2.45, 2.75) is 13.8 Å². The molecule has 0 aliphatic carbocycles. The lowest BCUT2D eigenvalue weighted by Gasteiger charge is -2.19. The minimum Gasteiger partial charge on any atom is -0.480 e. The van der Waals surface area contributed by atoms with Crippen LogP contribution in [0.25, 0.3) is 0 Å². The standard InChI is InChI=1S/C12H15FN2O3/c1-3-15(7-11(16)17)12(18)14-9-4-5-10(13)8(2)6-9/h4-6H,3,7H2,1-2H3,(H,14,18)(H,16,17). The van der Waals surface area contributed by atoms with Gasteiger partial charge in [-0.3, -0.25) is 4.79 Å². The molecule has 1 aromatic carbocycles. The predicted octanol–water partition coefficient (Wildman–Crippen LogP) is 2.07. The Morgan fingerprint density at radius 1 is 1.44 bits per heavy atom. The lowest BCUT2D eigenvalue weighted by atomic mass is 10.2. The van der Waals surface area contributed by atoms with Crippen molar-refractivity contribution in [3.8, 4) is 0 Å². The maximum absolute atomic E-state index is 13.0. The molecule has 1 rings (SSSR count). The summed E-state index contributed by atoms with van der Waals surface area (Å²) in [7, 11) is 0. The van der Waals surface area contributed by atoms with Gasteiger partial charge in [0, 0.05) is 12.2 Å². The van der Waals surface area contributed by atoms with Gasteiger partial charge in [-0.15, -0.1) is 0 Å². The molecule has 0 saturated heterocycles. The van der Waals surface area contributed by atoms with Crippen LogP contribution in [0.3, 0.4) is 0 Å². The number of likely N-dealkylation sites (N-methyl/N-ethyl adjacent to an activating group) is 1. The topological polar surface area (TPSA) is 69.6 Å². The van der Waals surface area contributed by atoms with E-state index in [4.69, 9.17) is 5.11 Å². The average Bonchev–Trinajstić information content (AvgIpc) is 2.30. The number of hydrogen-bond acceptors (Lipinski definition) is 2. The van der Waals surface area contributed by atoms with Gasteiger partial charge in [-0.2, -0.15) is 0 Å². The Labute approximate surface area is 104 Å². The van der Waals surface area contributed by atoms with Gasteiger partial charge >= 0.3 is 12.0 Å². The molecule has 0 radical (unpaired) electrons. The zero-order chi connectivity index (χ0) is 13.7. The summed E-state index contributed by atoms with van der Waals surface area (Å²) in [5.74, 6) is -1.44. The monoisotopic (exact) mass is 254 g/mol. The molecule has 0 saturated carbocycles. The summed E-state index contributed by atoms with van der Waals surface area (Å²) in [4.78, 5) is 23.4. The molecule has 0 heterocycles. The van der Waals surface area contributed by atoms with E-state index in [-0.39, 0.29) is 18.9 Å². The molecule has 5 nitrogen and oxygen atoms in total. The Morgan fingerprint density at radius 3 is 2.61 bits per heavy atom. The highest BCUT2D eigenvalue weighted by molar-refractivity contribution is 5.91. The van der Waals surface area contributed by atoms with Gasteiger partial charge in [-0.1, -0.05) is 0 Å². The normalized spacial score (nSPS) is 9.94. The third-order valence-corrected chi connectivity index (χ3v) is 2.40. The zero-order valence-electron chi connectivity index (χ0n) is 10.2. The van der Waals surface area contributed by atoms with Crippen molar-refractivity contribution in [1.82, 2.24) is 4.90 Å². The van der Waals surface area contributed by atoms with Crippen molar-refractivity contribution in [3.63, 3.8) is 0 Å². The molecule has 18 heavy (non-hydrogen) atoms. The van der Waals surface area contributed by atoms with E-state index in [1.165, 1.54) is 18.2 Å². The van der Waals surface area contributed by atoms with E-state index in [1.807, 2.05) is 0 Å². The molecular formula is C12H15FN2O3. The fourth-order valence-corrected chi connectivity index (χ4v) is 1.42. The van der Waals surface area contributed by atoms with E-state index in [1.54, 1.807) is 13.8 Å². The summed E-state index contributed by atoms with van der Waals surface area (Å²) >= 11 is 0. The Morgan fingerprint density at radius 2 is 2.11 bits per heavy atom. The Kier molecular flexibility index (Phi) is 4.65. The Balaban J connectivity index is 2.73. The predicted molar refractivity (Wildman–Crippen MR) is 65.0 cm³/mol. The number of halogens is 1. The molecule has 0 atom stereocenters. The molecule has 1 aromatic rings. The molecule has 0 fully saturated rings. The van der Waals surface area contributed by atoms with E-state index in [0.29, 0.717) is 11.3 Å². The zero-order valence-corrected chi connectivity index (χ0v) is 10.2. The highest BCUT2D eigenvalue weighted by atomic mass is 19.1. The molecular weight excluding hydrogens is 239 g/mol. The van der Waals surface area contributed by atoms with Gasteiger partial charge in [0.15, 0.2) is 0 Å². The number of aliphatic carboxylic acids is 1. The minimum atomic E-state index is -1.08. The quantitative estimate of drug-likeness (QED) is 0.864. The van der Waals surface area contributed by atoms with Gasteiger partial charge in [0.2, 0.25) is 0 Å². The lowest BCUT2D eigenvalue weighted by Crippen LogP contribution is -2.38. The van der Waals surface area contributed by atoms with Crippen LogP contribution in [0.2, 0.25) is 0 Å². The summed E-state index contributed by atoms with van der Waals surface area (Å²) in [5, 5.41) is 11.2. The van der Waals surface area contributed by atoms with Gasteiger partial charge in [0.05, 0.1) is 0 Å². The molecule has 98 valence electrons. The van der Waals surface area contributed by atoms with Gasteiger partial charge < -0.3 is 15.3 Å². The van der Waals surface area contributed by atoms with Crippen LogP contribution in [0.5, 0.6) is 0 Å². The maximum atomic E-state index is 13.0. The van der Waals surface area contributed by atoms with E-state index in [9.17, 15) is 14.0 Å². The second-order valence-electron chi connectivity index (χ2n) is 3.80. The highest BCUT2D eigenvalue weighted by Crippen LogP contribution is 2.14. The first-order chi connectivity index (χ1) is 8.43. The molecule has 0 aromatic heterocycles. The number of urea groups is 1. The van der Waals surface area contributed by atoms with Crippen molar-refractivity contribution in [2.75, 3.05) is 18.4 Å². The Hall–Kier alpha value is -2.11.